The number of amides is 1. The van der Waals surface area contributed by atoms with E-state index in [9.17, 15) is 13.2 Å². The Labute approximate surface area is 156 Å². The number of hydrogen-bond donors (Lipinski definition) is 1. The summed E-state index contributed by atoms with van der Waals surface area (Å²) in [5.74, 6) is -0.125. The molecule has 0 radical (unpaired) electrons. The highest BCUT2D eigenvalue weighted by Gasteiger charge is 2.22. The highest BCUT2D eigenvalue weighted by Crippen LogP contribution is 2.25. The number of sulfonamides is 1. The molecule has 6 heteroatoms. The Morgan fingerprint density at radius 2 is 1.65 bits per heavy atom. The number of benzene rings is 2. The van der Waals surface area contributed by atoms with Crippen LogP contribution in [0.15, 0.2) is 42.5 Å². The largest absolute Gasteiger partial charge is 0.324 e. The van der Waals surface area contributed by atoms with Gasteiger partial charge in [0.2, 0.25) is 15.9 Å². The molecular weight excluding hydrogens is 348 g/mol. The molecule has 0 aliphatic heterocycles. The minimum Gasteiger partial charge on any atom is -0.324 e. The molecule has 0 bridgehead atoms. The molecule has 0 saturated heterocycles. The van der Waals surface area contributed by atoms with E-state index in [1.165, 1.54) is 0 Å². The number of nitrogens with one attached hydrogen (secondary N) is 1. The van der Waals surface area contributed by atoms with E-state index in [0.717, 1.165) is 27.3 Å². The van der Waals surface area contributed by atoms with E-state index in [1.807, 2.05) is 58.0 Å². The monoisotopic (exact) mass is 374 g/mol. The predicted octanol–water partition coefficient (Wildman–Crippen LogP) is 3.83. The minimum absolute atomic E-state index is 0.247. The van der Waals surface area contributed by atoms with Crippen molar-refractivity contribution in [3.63, 3.8) is 0 Å². The highest BCUT2D eigenvalue weighted by atomic mass is 32.2. The molecule has 0 aromatic heterocycles. The first-order chi connectivity index (χ1) is 12.1. The third kappa shape index (κ3) is 5.08. The number of rotatable bonds is 6. The standard InChI is InChI=1S/C20H26N2O3S/c1-14(2)18-8-6-7-9-19(18)21-20(23)13-22(26(5,24)25)17-11-15(3)10-16(4)12-17/h6-12,14H,13H2,1-5H3,(H,21,23). The second-order valence-electron chi connectivity index (χ2n) is 6.91. The lowest BCUT2D eigenvalue weighted by molar-refractivity contribution is -0.114. The smallest absolute Gasteiger partial charge is 0.245 e. The number of carbonyl (C=O) groups is 1. The highest BCUT2D eigenvalue weighted by molar-refractivity contribution is 7.92. The topological polar surface area (TPSA) is 66.5 Å². The molecule has 5 nitrogen and oxygen atoms in total. The van der Waals surface area contributed by atoms with Crippen LogP contribution in [0, 0.1) is 13.8 Å². The van der Waals surface area contributed by atoms with E-state index in [-0.39, 0.29) is 18.4 Å². The summed E-state index contributed by atoms with van der Waals surface area (Å²) in [6.07, 6.45) is 1.11. The maximum absolute atomic E-state index is 12.6. The second-order valence-corrected chi connectivity index (χ2v) is 8.81. The zero-order valence-electron chi connectivity index (χ0n) is 15.9. The van der Waals surface area contributed by atoms with E-state index in [1.54, 1.807) is 12.1 Å². The number of para-hydroxylation sites is 1. The van der Waals surface area contributed by atoms with Crippen molar-refractivity contribution in [2.24, 2.45) is 0 Å². The van der Waals surface area contributed by atoms with Gasteiger partial charge in [-0.2, -0.15) is 0 Å². The Bertz CT molecular complexity index is 885. The van der Waals surface area contributed by atoms with Crippen LogP contribution < -0.4 is 9.62 Å². The molecule has 0 fully saturated rings. The zero-order valence-corrected chi connectivity index (χ0v) is 16.7. The fourth-order valence-corrected chi connectivity index (χ4v) is 3.77. The Hall–Kier alpha value is -2.34. The van der Waals surface area contributed by atoms with E-state index < -0.39 is 10.0 Å². The normalized spacial score (nSPS) is 11.5. The van der Waals surface area contributed by atoms with Gasteiger partial charge in [0.1, 0.15) is 6.54 Å². The van der Waals surface area contributed by atoms with E-state index in [0.29, 0.717) is 11.4 Å². The van der Waals surface area contributed by atoms with Crippen LogP contribution in [0.1, 0.15) is 36.5 Å². The van der Waals surface area contributed by atoms with Crippen LogP contribution in [-0.4, -0.2) is 27.1 Å². The van der Waals surface area contributed by atoms with Crippen LogP contribution in [0.3, 0.4) is 0 Å². The van der Waals surface area contributed by atoms with Crippen LogP contribution in [-0.2, 0) is 14.8 Å². The zero-order chi connectivity index (χ0) is 19.5. The molecule has 0 aliphatic carbocycles. The number of hydrogen-bond acceptors (Lipinski definition) is 3. The fourth-order valence-electron chi connectivity index (χ4n) is 2.93. The van der Waals surface area contributed by atoms with Gasteiger partial charge in [-0.15, -0.1) is 0 Å². The van der Waals surface area contributed by atoms with Gasteiger partial charge < -0.3 is 5.32 Å². The van der Waals surface area contributed by atoms with Gasteiger partial charge in [0.25, 0.3) is 0 Å². The van der Waals surface area contributed by atoms with Crippen LogP contribution in [0.25, 0.3) is 0 Å². The van der Waals surface area contributed by atoms with Crippen molar-refractivity contribution in [2.75, 3.05) is 22.4 Å². The van der Waals surface area contributed by atoms with Gasteiger partial charge in [0.05, 0.1) is 11.9 Å². The van der Waals surface area contributed by atoms with Gasteiger partial charge in [-0.3, -0.25) is 9.10 Å². The molecule has 2 aromatic rings. The van der Waals surface area contributed by atoms with E-state index >= 15 is 0 Å². The minimum atomic E-state index is -3.59. The van der Waals surface area contributed by atoms with Crippen molar-refractivity contribution < 1.29 is 13.2 Å². The van der Waals surface area contributed by atoms with Gasteiger partial charge in [-0.05, 0) is 54.7 Å². The van der Waals surface area contributed by atoms with E-state index in [2.05, 4.69) is 5.32 Å². The second kappa shape index (κ2) is 7.91. The summed E-state index contributed by atoms with van der Waals surface area (Å²) in [7, 11) is -3.59. The molecule has 0 atom stereocenters. The van der Waals surface area contributed by atoms with Crippen molar-refractivity contribution in [3.8, 4) is 0 Å². The molecule has 0 unspecified atom stereocenters. The summed E-state index contributed by atoms with van der Waals surface area (Å²) < 4.78 is 25.7. The molecule has 0 spiro atoms. The Kier molecular flexibility index (Phi) is 6.08. The summed E-state index contributed by atoms with van der Waals surface area (Å²) in [6.45, 7) is 7.62. The van der Waals surface area contributed by atoms with Crippen LogP contribution in [0.4, 0.5) is 11.4 Å². The first-order valence-corrected chi connectivity index (χ1v) is 10.4. The predicted molar refractivity (Wildman–Crippen MR) is 107 cm³/mol. The Balaban J connectivity index is 2.29. The first-order valence-electron chi connectivity index (χ1n) is 8.52. The van der Waals surface area contributed by atoms with Gasteiger partial charge in [0.15, 0.2) is 0 Å². The average molecular weight is 375 g/mol. The van der Waals surface area contributed by atoms with Crippen molar-refractivity contribution >= 4 is 27.3 Å². The molecule has 0 heterocycles. The summed E-state index contributed by atoms with van der Waals surface area (Å²) in [5.41, 5.74) is 4.11. The molecule has 1 N–H and O–H groups in total. The SMILES string of the molecule is Cc1cc(C)cc(N(CC(=O)Nc2ccccc2C(C)C)S(C)(=O)=O)c1. The lowest BCUT2D eigenvalue weighted by Crippen LogP contribution is -2.37. The lowest BCUT2D eigenvalue weighted by atomic mass is 10.0. The molecular formula is C20H26N2O3S. The number of carbonyl (C=O) groups excluding carboxylic acids is 1. The Morgan fingerprint density at radius 1 is 1.08 bits per heavy atom. The maximum Gasteiger partial charge on any atom is 0.245 e. The van der Waals surface area contributed by atoms with Crippen LogP contribution >= 0.6 is 0 Å². The average Bonchev–Trinajstić information content (AvgIpc) is 2.50. The molecule has 0 saturated carbocycles. The van der Waals surface area contributed by atoms with E-state index in [4.69, 9.17) is 0 Å². The van der Waals surface area contributed by atoms with Gasteiger partial charge in [0, 0.05) is 5.69 Å². The van der Waals surface area contributed by atoms with Crippen molar-refractivity contribution in [3.05, 3.63) is 59.2 Å². The molecule has 1 amide bonds. The number of aryl methyl sites for hydroxylation is 2. The third-order valence-corrected chi connectivity index (χ3v) is 5.18. The quantitative estimate of drug-likeness (QED) is 0.835. The van der Waals surface area contributed by atoms with Crippen molar-refractivity contribution in [2.45, 2.75) is 33.6 Å². The van der Waals surface area contributed by atoms with Gasteiger partial charge in [-0.25, -0.2) is 8.42 Å². The summed E-state index contributed by atoms with van der Waals surface area (Å²) in [5, 5.41) is 2.85. The maximum atomic E-state index is 12.6. The summed E-state index contributed by atoms with van der Waals surface area (Å²) in [6, 6.07) is 13.0. The summed E-state index contributed by atoms with van der Waals surface area (Å²) >= 11 is 0. The first kappa shape index (κ1) is 20.0. The molecule has 140 valence electrons. The van der Waals surface area contributed by atoms with Crippen molar-refractivity contribution in [1.82, 2.24) is 0 Å². The fraction of sp³-hybridized carbons (Fsp3) is 0.350. The molecule has 0 aliphatic rings. The summed E-state index contributed by atoms with van der Waals surface area (Å²) in [4.78, 5) is 12.6. The number of anilines is 2. The van der Waals surface area contributed by atoms with Crippen LogP contribution in [0.5, 0.6) is 0 Å². The molecule has 2 rings (SSSR count). The number of nitrogens with zero attached hydrogens (tertiary/aromatic N) is 1. The Morgan fingerprint density at radius 3 is 2.19 bits per heavy atom. The third-order valence-electron chi connectivity index (χ3n) is 4.04. The molecule has 2 aromatic carbocycles. The lowest BCUT2D eigenvalue weighted by Gasteiger charge is -2.23. The van der Waals surface area contributed by atoms with Gasteiger partial charge in [-0.1, -0.05) is 38.1 Å². The van der Waals surface area contributed by atoms with Crippen LogP contribution in [0.2, 0.25) is 0 Å². The molecule has 26 heavy (non-hydrogen) atoms. The van der Waals surface area contributed by atoms with Crippen molar-refractivity contribution in [1.29, 1.82) is 0 Å². The van der Waals surface area contributed by atoms with Gasteiger partial charge >= 0.3 is 0 Å².